The second-order valence-electron chi connectivity index (χ2n) is 11.5. The van der Waals surface area contributed by atoms with Gasteiger partial charge in [0, 0.05) is 19.1 Å². The first-order valence-electron chi connectivity index (χ1n) is 12.2. The molecule has 3 rings (SSSR count). The monoisotopic (exact) mass is 468 g/mol. The molecular formula is C26H40N6O2. The van der Waals surface area contributed by atoms with Crippen LogP contribution in [0.2, 0.25) is 0 Å². The maximum atomic E-state index is 13.8. The second-order valence-corrected chi connectivity index (χ2v) is 11.5. The number of nitriles is 1. The predicted octanol–water partition coefficient (Wildman–Crippen LogP) is 2.23. The number of nitrogens with two attached hydrogens (primary N) is 2. The summed E-state index contributed by atoms with van der Waals surface area (Å²) in [5.41, 5.74) is 6.57. The SMILES string of the molecule is CC(C)(NC(=O)[C@@H]1CCCN1C(=O)[C@@H](N(N)CC(N)C1CC1)C(C)(C)C)c1cccc(C#N)c1. The van der Waals surface area contributed by atoms with Gasteiger partial charge in [-0.1, -0.05) is 32.9 Å². The lowest BCUT2D eigenvalue weighted by molar-refractivity contribution is -0.147. The zero-order valence-electron chi connectivity index (χ0n) is 21.2. The van der Waals surface area contributed by atoms with E-state index in [4.69, 9.17) is 11.6 Å². The molecule has 8 nitrogen and oxygen atoms in total. The largest absolute Gasteiger partial charge is 0.345 e. The van der Waals surface area contributed by atoms with Gasteiger partial charge in [0.2, 0.25) is 11.8 Å². The van der Waals surface area contributed by atoms with Crippen LogP contribution in [-0.4, -0.2) is 52.9 Å². The summed E-state index contributed by atoms with van der Waals surface area (Å²) in [5, 5.41) is 13.9. The Labute approximate surface area is 203 Å². The van der Waals surface area contributed by atoms with Crippen molar-refractivity contribution in [1.82, 2.24) is 15.2 Å². The van der Waals surface area contributed by atoms with Crippen LogP contribution in [0.4, 0.5) is 0 Å². The molecule has 8 heteroatoms. The average Bonchev–Trinajstić information content (AvgIpc) is 3.48. The standard InChI is InChI=1S/C26H40N6O2/c1-25(2,3)22(32(29)16-20(28)18-11-12-18)24(34)31-13-7-10-21(31)23(33)30-26(4,5)19-9-6-8-17(14-19)15-27/h6,8-9,14,18,20-22H,7,10-13,16,28-29H2,1-5H3,(H,30,33)/t20?,21-,22+/m0/s1. The molecule has 0 aromatic heterocycles. The minimum atomic E-state index is -0.693. The number of benzene rings is 1. The van der Waals surface area contributed by atoms with Crippen LogP contribution in [0.25, 0.3) is 0 Å². The maximum absolute atomic E-state index is 13.8. The van der Waals surface area contributed by atoms with Crippen molar-refractivity contribution in [3.8, 4) is 6.07 Å². The van der Waals surface area contributed by atoms with E-state index < -0.39 is 23.0 Å². The Bertz CT molecular complexity index is 943. The third kappa shape index (κ3) is 5.96. The van der Waals surface area contributed by atoms with E-state index in [9.17, 15) is 14.9 Å². The fourth-order valence-electron chi connectivity index (χ4n) is 4.93. The third-order valence-corrected chi connectivity index (χ3v) is 7.02. The smallest absolute Gasteiger partial charge is 0.243 e. The highest BCUT2D eigenvalue weighted by molar-refractivity contribution is 5.91. The molecule has 34 heavy (non-hydrogen) atoms. The van der Waals surface area contributed by atoms with Crippen molar-refractivity contribution in [1.29, 1.82) is 5.26 Å². The molecule has 2 fully saturated rings. The van der Waals surface area contributed by atoms with Crippen LogP contribution < -0.4 is 16.9 Å². The number of nitrogens with zero attached hydrogens (tertiary/aromatic N) is 3. The Morgan fingerprint density at radius 1 is 1.24 bits per heavy atom. The number of carbonyl (C=O) groups excluding carboxylic acids is 2. The van der Waals surface area contributed by atoms with Gasteiger partial charge in [-0.05, 0) is 68.6 Å². The number of amides is 2. The first-order valence-corrected chi connectivity index (χ1v) is 12.2. The van der Waals surface area contributed by atoms with Gasteiger partial charge in [0.15, 0.2) is 0 Å². The molecule has 0 radical (unpaired) electrons. The van der Waals surface area contributed by atoms with Crippen molar-refractivity contribution in [3.05, 3.63) is 35.4 Å². The van der Waals surface area contributed by atoms with Crippen LogP contribution in [0.3, 0.4) is 0 Å². The summed E-state index contributed by atoms with van der Waals surface area (Å²) in [4.78, 5) is 28.9. The Morgan fingerprint density at radius 2 is 1.91 bits per heavy atom. The molecule has 1 aromatic rings. The van der Waals surface area contributed by atoms with E-state index in [0.717, 1.165) is 24.8 Å². The number of nitrogens with one attached hydrogen (secondary N) is 1. The van der Waals surface area contributed by atoms with Crippen molar-refractivity contribution >= 4 is 11.8 Å². The predicted molar refractivity (Wildman–Crippen MR) is 132 cm³/mol. The average molecular weight is 469 g/mol. The number of hydrazine groups is 1. The normalized spacial score (nSPS) is 20.7. The number of hydrogen-bond donors (Lipinski definition) is 3. The van der Waals surface area contributed by atoms with Gasteiger partial charge in [0.1, 0.15) is 12.1 Å². The molecule has 1 unspecified atom stereocenters. The fraction of sp³-hybridized carbons (Fsp3) is 0.654. The quantitative estimate of drug-likeness (QED) is 0.396. The zero-order chi connectivity index (χ0) is 25.3. The van der Waals surface area contributed by atoms with Crippen molar-refractivity contribution in [3.63, 3.8) is 0 Å². The Morgan fingerprint density at radius 3 is 2.50 bits per heavy atom. The molecule has 1 saturated heterocycles. The first kappa shape index (κ1) is 26.1. The molecule has 3 atom stereocenters. The third-order valence-electron chi connectivity index (χ3n) is 7.02. The highest BCUT2D eigenvalue weighted by atomic mass is 16.2. The molecular weight excluding hydrogens is 428 g/mol. The van der Waals surface area contributed by atoms with E-state index in [1.807, 2.05) is 46.8 Å². The van der Waals surface area contributed by atoms with E-state index in [2.05, 4.69) is 11.4 Å². The molecule has 5 N–H and O–H groups in total. The molecule has 2 aliphatic rings. The van der Waals surface area contributed by atoms with Crippen LogP contribution >= 0.6 is 0 Å². The molecule has 2 amide bonds. The van der Waals surface area contributed by atoms with Crippen molar-refractivity contribution in [2.45, 2.75) is 84.0 Å². The molecule has 186 valence electrons. The molecule has 1 aromatic carbocycles. The Balaban J connectivity index is 1.75. The summed E-state index contributed by atoms with van der Waals surface area (Å²) in [6, 6.07) is 8.17. The van der Waals surface area contributed by atoms with Crippen LogP contribution in [0.5, 0.6) is 0 Å². The van der Waals surface area contributed by atoms with E-state index in [-0.39, 0.29) is 17.9 Å². The van der Waals surface area contributed by atoms with Gasteiger partial charge in [-0.2, -0.15) is 5.26 Å². The topological polar surface area (TPSA) is 128 Å². The summed E-state index contributed by atoms with van der Waals surface area (Å²) in [7, 11) is 0. The number of carbonyl (C=O) groups is 2. The van der Waals surface area contributed by atoms with Gasteiger partial charge in [-0.3, -0.25) is 15.4 Å². The maximum Gasteiger partial charge on any atom is 0.243 e. The summed E-state index contributed by atoms with van der Waals surface area (Å²) in [6.07, 6.45) is 3.60. The molecule has 0 bridgehead atoms. The highest BCUT2D eigenvalue weighted by Crippen LogP contribution is 2.33. The van der Waals surface area contributed by atoms with Gasteiger partial charge in [-0.15, -0.1) is 0 Å². The summed E-state index contributed by atoms with van der Waals surface area (Å²) in [5.74, 6) is 6.61. The lowest BCUT2D eigenvalue weighted by Crippen LogP contribution is -2.62. The van der Waals surface area contributed by atoms with Crippen LogP contribution in [-0.2, 0) is 15.1 Å². The summed E-state index contributed by atoms with van der Waals surface area (Å²) < 4.78 is 0. The van der Waals surface area contributed by atoms with Crippen molar-refractivity contribution < 1.29 is 9.59 Å². The number of likely N-dealkylation sites (tertiary alicyclic amines) is 1. The van der Waals surface area contributed by atoms with Gasteiger partial charge >= 0.3 is 0 Å². The number of hydrogen-bond acceptors (Lipinski definition) is 6. The summed E-state index contributed by atoms with van der Waals surface area (Å²) >= 11 is 0. The van der Waals surface area contributed by atoms with E-state index in [1.54, 1.807) is 22.0 Å². The molecule has 1 heterocycles. The summed E-state index contributed by atoms with van der Waals surface area (Å²) in [6.45, 7) is 10.8. The Hall–Kier alpha value is -2.47. The van der Waals surface area contributed by atoms with Gasteiger partial charge < -0.3 is 16.0 Å². The molecule has 1 aliphatic carbocycles. The van der Waals surface area contributed by atoms with Gasteiger partial charge in [0.25, 0.3) is 0 Å². The van der Waals surface area contributed by atoms with E-state index >= 15 is 0 Å². The number of rotatable bonds is 8. The lowest BCUT2D eigenvalue weighted by Gasteiger charge is -2.41. The van der Waals surface area contributed by atoms with Gasteiger partial charge in [-0.25, -0.2) is 5.01 Å². The van der Waals surface area contributed by atoms with E-state index in [1.165, 1.54) is 0 Å². The van der Waals surface area contributed by atoms with Crippen LogP contribution in [0.1, 0.15) is 71.4 Å². The van der Waals surface area contributed by atoms with Crippen LogP contribution in [0.15, 0.2) is 24.3 Å². The van der Waals surface area contributed by atoms with E-state index in [0.29, 0.717) is 31.0 Å². The van der Waals surface area contributed by atoms with Gasteiger partial charge in [0.05, 0.1) is 17.2 Å². The second kappa shape index (κ2) is 10.0. The fourth-order valence-corrected chi connectivity index (χ4v) is 4.93. The van der Waals surface area contributed by atoms with Crippen LogP contribution in [0, 0.1) is 22.7 Å². The molecule has 1 aliphatic heterocycles. The van der Waals surface area contributed by atoms with Crippen molar-refractivity contribution in [2.24, 2.45) is 22.9 Å². The Kier molecular flexibility index (Phi) is 7.71. The lowest BCUT2D eigenvalue weighted by atomic mass is 9.84. The molecule has 1 saturated carbocycles. The minimum Gasteiger partial charge on any atom is -0.345 e. The minimum absolute atomic E-state index is 0.0507. The molecule has 0 spiro atoms. The zero-order valence-corrected chi connectivity index (χ0v) is 21.2. The first-order chi connectivity index (χ1) is 15.8. The highest BCUT2D eigenvalue weighted by Gasteiger charge is 2.44. The van der Waals surface area contributed by atoms with Crippen molar-refractivity contribution in [2.75, 3.05) is 13.1 Å².